The van der Waals surface area contributed by atoms with Gasteiger partial charge in [0.05, 0.1) is 0 Å². The van der Waals surface area contributed by atoms with E-state index in [0.29, 0.717) is 11.9 Å². The monoisotopic (exact) mass is 266 g/mol. The van der Waals surface area contributed by atoms with Gasteiger partial charge in [0, 0.05) is 12.1 Å². The number of hydrogen-bond acceptors (Lipinski definition) is 5. The molecule has 1 fully saturated rings. The van der Waals surface area contributed by atoms with Crippen molar-refractivity contribution in [1.29, 1.82) is 0 Å². The van der Waals surface area contributed by atoms with E-state index in [2.05, 4.69) is 22.2 Å². The highest BCUT2D eigenvalue weighted by Gasteiger charge is 2.20. The van der Waals surface area contributed by atoms with Crippen LogP contribution in [0, 0.1) is 5.92 Å². The lowest BCUT2D eigenvalue weighted by Crippen LogP contribution is -2.26. The molecule has 0 saturated heterocycles. The SMILES string of the molecule is CCC1CCC(Nc2cc(N)nc(SC)n2)CC1. The van der Waals surface area contributed by atoms with Gasteiger partial charge in [-0.15, -0.1) is 0 Å². The molecule has 5 heteroatoms. The Morgan fingerprint density at radius 1 is 1.33 bits per heavy atom. The Morgan fingerprint density at radius 3 is 2.67 bits per heavy atom. The molecule has 1 aliphatic carbocycles. The Hall–Kier alpha value is -0.970. The highest BCUT2D eigenvalue weighted by Crippen LogP contribution is 2.28. The third-order valence-corrected chi connectivity index (χ3v) is 4.23. The minimum absolute atomic E-state index is 0.539. The first-order valence-electron chi connectivity index (χ1n) is 6.66. The minimum atomic E-state index is 0.539. The summed E-state index contributed by atoms with van der Waals surface area (Å²) in [5.74, 6) is 2.33. The van der Waals surface area contributed by atoms with E-state index in [-0.39, 0.29) is 0 Å². The zero-order valence-corrected chi connectivity index (χ0v) is 12.0. The maximum atomic E-state index is 5.78. The average molecular weight is 266 g/mol. The lowest BCUT2D eigenvalue weighted by molar-refractivity contribution is 0.330. The van der Waals surface area contributed by atoms with E-state index in [9.17, 15) is 0 Å². The fourth-order valence-corrected chi connectivity index (χ4v) is 2.92. The van der Waals surface area contributed by atoms with Gasteiger partial charge in [0.25, 0.3) is 0 Å². The quantitative estimate of drug-likeness (QED) is 0.647. The zero-order valence-electron chi connectivity index (χ0n) is 11.1. The molecular formula is C13H22N4S. The van der Waals surface area contributed by atoms with Crippen molar-refractivity contribution in [2.45, 2.75) is 50.2 Å². The number of hydrogen-bond donors (Lipinski definition) is 2. The largest absolute Gasteiger partial charge is 0.383 e. The summed E-state index contributed by atoms with van der Waals surface area (Å²) in [5, 5.41) is 4.23. The third kappa shape index (κ3) is 3.51. The van der Waals surface area contributed by atoms with E-state index in [4.69, 9.17) is 5.73 Å². The van der Waals surface area contributed by atoms with Crippen LogP contribution in [0.2, 0.25) is 0 Å². The van der Waals surface area contributed by atoms with Crippen molar-refractivity contribution in [3.8, 4) is 0 Å². The molecule has 4 nitrogen and oxygen atoms in total. The van der Waals surface area contributed by atoms with E-state index in [1.54, 1.807) is 0 Å². The van der Waals surface area contributed by atoms with Crippen molar-refractivity contribution in [2.24, 2.45) is 5.92 Å². The Labute approximate surface area is 113 Å². The van der Waals surface area contributed by atoms with Crippen LogP contribution in [0.15, 0.2) is 11.2 Å². The number of anilines is 2. The number of nitrogens with one attached hydrogen (secondary N) is 1. The summed E-state index contributed by atoms with van der Waals surface area (Å²) in [6.45, 7) is 2.29. The third-order valence-electron chi connectivity index (χ3n) is 3.68. The molecule has 100 valence electrons. The molecule has 1 aliphatic rings. The van der Waals surface area contributed by atoms with Gasteiger partial charge in [-0.3, -0.25) is 0 Å². The lowest BCUT2D eigenvalue weighted by Gasteiger charge is -2.28. The normalized spacial score (nSPS) is 23.9. The van der Waals surface area contributed by atoms with E-state index >= 15 is 0 Å². The van der Waals surface area contributed by atoms with Gasteiger partial charge in [0.1, 0.15) is 11.6 Å². The average Bonchev–Trinajstić information content (AvgIpc) is 2.39. The fourth-order valence-electron chi connectivity index (χ4n) is 2.53. The maximum Gasteiger partial charge on any atom is 0.191 e. The summed E-state index contributed by atoms with van der Waals surface area (Å²) in [6, 6.07) is 2.36. The maximum absolute atomic E-state index is 5.78. The van der Waals surface area contributed by atoms with Crippen molar-refractivity contribution >= 4 is 23.4 Å². The highest BCUT2D eigenvalue weighted by molar-refractivity contribution is 7.98. The summed E-state index contributed by atoms with van der Waals surface area (Å²) >= 11 is 1.52. The van der Waals surface area contributed by atoms with Crippen LogP contribution in [-0.4, -0.2) is 22.3 Å². The van der Waals surface area contributed by atoms with Gasteiger partial charge in [-0.2, -0.15) is 0 Å². The predicted molar refractivity (Wildman–Crippen MR) is 77.9 cm³/mol. The van der Waals surface area contributed by atoms with Crippen LogP contribution in [0.25, 0.3) is 0 Å². The number of thioether (sulfide) groups is 1. The molecular weight excluding hydrogens is 244 g/mol. The van der Waals surface area contributed by atoms with E-state index in [1.165, 1.54) is 43.9 Å². The molecule has 1 aromatic rings. The van der Waals surface area contributed by atoms with Crippen LogP contribution in [0.3, 0.4) is 0 Å². The second-order valence-corrected chi connectivity index (χ2v) is 5.71. The van der Waals surface area contributed by atoms with E-state index in [1.807, 2.05) is 12.3 Å². The summed E-state index contributed by atoms with van der Waals surface area (Å²) < 4.78 is 0. The first kappa shape index (κ1) is 13.5. The Balaban J connectivity index is 1.95. The first-order valence-corrected chi connectivity index (χ1v) is 7.88. The Morgan fingerprint density at radius 2 is 2.06 bits per heavy atom. The summed E-state index contributed by atoms with van der Waals surface area (Å²) in [6.07, 6.45) is 8.39. The van der Waals surface area contributed by atoms with Gasteiger partial charge in [0.15, 0.2) is 5.16 Å². The van der Waals surface area contributed by atoms with Gasteiger partial charge in [0.2, 0.25) is 0 Å². The molecule has 1 saturated carbocycles. The van der Waals surface area contributed by atoms with Gasteiger partial charge in [-0.05, 0) is 37.9 Å². The molecule has 0 bridgehead atoms. The van der Waals surface area contributed by atoms with Crippen LogP contribution in [0.5, 0.6) is 0 Å². The second kappa shape index (κ2) is 6.27. The van der Waals surface area contributed by atoms with Crippen LogP contribution in [0.4, 0.5) is 11.6 Å². The predicted octanol–water partition coefficient (Wildman–Crippen LogP) is 3.16. The standard InChI is InChI=1S/C13H22N4S/c1-3-9-4-6-10(7-5-9)15-12-8-11(14)16-13(17-12)18-2/h8-10H,3-7H2,1-2H3,(H3,14,15,16,17). The molecule has 0 aliphatic heterocycles. The number of rotatable bonds is 4. The molecule has 0 amide bonds. The van der Waals surface area contributed by atoms with Crippen molar-refractivity contribution in [1.82, 2.24) is 9.97 Å². The van der Waals surface area contributed by atoms with Crippen LogP contribution in [-0.2, 0) is 0 Å². The molecule has 18 heavy (non-hydrogen) atoms. The molecule has 1 heterocycles. The van der Waals surface area contributed by atoms with E-state index in [0.717, 1.165) is 16.9 Å². The number of nitrogens with two attached hydrogens (primary N) is 1. The molecule has 1 aromatic heterocycles. The Bertz CT molecular complexity index is 389. The molecule has 0 atom stereocenters. The molecule has 0 spiro atoms. The summed E-state index contributed by atoms with van der Waals surface area (Å²) in [7, 11) is 0. The lowest BCUT2D eigenvalue weighted by atomic mass is 9.84. The van der Waals surface area contributed by atoms with Crippen LogP contribution in [0.1, 0.15) is 39.0 Å². The van der Waals surface area contributed by atoms with E-state index < -0.39 is 0 Å². The topological polar surface area (TPSA) is 63.8 Å². The van der Waals surface area contributed by atoms with Crippen molar-refractivity contribution < 1.29 is 0 Å². The van der Waals surface area contributed by atoms with Crippen molar-refractivity contribution in [3.63, 3.8) is 0 Å². The first-order chi connectivity index (χ1) is 8.71. The molecule has 0 radical (unpaired) electrons. The second-order valence-electron chi connectivity index (χ2n) is 4.93. The van der Waals surface area contributed by atoms with Crippen LogP contribution >= 0.6 is 11.8 Å². The van der Waals surface area contributed by atoms with Gasteiger partial charge >= 0.3 is 0 Å². The highest BCUT2D eigenvalue weighted by atomic mass is 32.2. The summed E-state index contributed by atoms with van der Waals surface area (Å²) in [5.41, 5.74) is 5.78. The number of aromatic nitrogens is 2. The Kier molecular flexibility index (Phi) is 4.69. The fraction of sp³-hybridized carbons (Fsp3) is 0.692. The van der Waals surface area contributed by atoms with Crippen LogP contribution < -0.4 is 11.1 Å². The molecule has 0 unspecified atom stereocenters. The zero-order chi connectivity index (χ0) is 13.0. The van der Waals surface area contributed by atoms with Gasteiger partial charge in [-0.25, -0.2) is 9.97 Å². The number of nitrogen functional groups attached to an aromatic ring is 1. The van der Waals surface area contributed by atoms with Gasteiger partial charge in [-0.1, -0.05) is 25.1 Å². The van der Waals surface area contributed by atoms with Crippen molar-refractivity contribution in [2.75, 3.05) is 17.3 Å². The smallest absolute Gasteiger partial charge is 0.191 e. The van der Waals surface area contributed by atoms with Crippen molar-refractivity contribution in [3.05, 3.63) is 6.07 Å². The molecule has 3 N–H and O–H groups in total. The van der Waals surface area contributed by atoms with Gasteiger partial charge < -0.3 is 11.1 Å². The molecule has 0 aromatic carbocycles. The summed E-state index contributed by atoms with van der Waals surface area (Å²) in [4.78, 5) is 8.61. The minimum Gasteiger partial charge on any atom is -0.383 e. The molecule has 2 rings (SSSR count). The number of nitrogens with zero attached hydrogens (tertiary/aromatic N) is 2.